The van der Waals surface area contributed by atoms with Crippen LogP contribution in [0.4, 0.5) is 0 Å². The third kappa shape index (κ3) is 3.80. The van der Waals surface area contributed by atoms with Crippen LogP contribution in [0.3, 0.4) is 0 Å². The van der Waals surface area contributed by atoms with Crippen LogP contribution in [0.25, 0.3) is 10.9 Å². The van der Waals surface area contributed by atoms with Gasteiger partial charge < -0.3 is 15.0 Å². The average Bonchev–Trinajstić information content (AvgIpc) is 3.05. The molecule has 2 heterocycles. The van der Waals surface area contributed by atoms with Gasteiger partial charge in [0.15, 0.2) is 0 Å². The lowest BCUT2D eigenvalue weighted by Gasteiger charge is -2.27. The maximum atomic E-state index is 13.3. The lowest BCUT2D eigenvalue weighted by Crippen LogP contribution is -2.47. The number of aromatic nitrogens is 1. The lowest BCUT2D eigenvalue weighted by molar-refractivity contribution is -0.131. The largest absolute Gasteiger partial charge is 0.497 e. The van der Waals surface area contributed by atoms with Crippen molar-refractivity contribution in [3.63, 3.8) is 0 Å². The number of ether oxygens (including phenoxy) is 1. The van der Waals surface area contributed by atoms with E-state index < -0.39 is 0 Å². The number of hydrogen-bond acceptors (Lipinski definition) is 4. The monoisotopic (exact) mass is 425 g/mol. The number of halogens is 1. The van der Waals surface area contributed by atoms with Gasteiger partial charge in [-0.1, -0.05) is 11.6 Å². The van der Waals surface area contributed by atoms with E-state index in [-0.39, 0.29) is 18.2 Å². The number of nitrogens with one attached hydrogen (secondary N) is 1. The fourth-order valence-corrected chi connectivity index (χ4v) is 4.10. The second-order valence-electron chi connectivity index (χ2n) is 7.40. The van der Waals surface area contributed by atoms with Crippen LogP contribution < -0.4 is 10.1 Å². The summed E-state index contributed by atoms with van der Waals surface area (Å²) in [6, 6.07) is 12.4. The van der Waals surface area contributed by atoms with Crippen LogP contribution >= 0.6 is 11.6 Å². The average molecular weight is 426 g/mol. The Balaban J connectivity index is 1.79. The summed E-state index contributed by atoms with van der Waals surface area (Å²) >= 11 is 5.98. The van der Waals surface area contributed by atoms with E-state index in [1.54, 1.807) is 35.9 Å². The Morgan fingerprint density at radius 2 is 1.80 bits per heavy atom. The first kappa shape index (κ1) is 20.4. The smallest absolute Gasteiger partial charge is 0.262 e. The quantitative estimate of drug-likeness (QED) is 0.696. The number of amides is 1. The third-order valence-electron chi connectivity index (χ3n) is 5.63. The molecule has 0 atom stereocenters. The first-order chi connectivity index (χ1) is 14.5. The summed E-state index contributed by atoms with van der Waals surface area (Å²) < 4.78 is 7.07. The zero-order valence-electron chi connectivity index (χ0n) is 17.1. The van der Waals surface area contributed by atoms with E-state index in [0.717, 1.165) is 35.2 Å². The zero-order valence-corrected chi connectivity index (χ0v) is 17.8. The summed E-state index contributed by atoms with van der Waals surface area (Å²) in [6.07, 6.45) is 0.246. The van der Waals surface area contributed by atoms with Gasteiger partial charge in [0.05, 0.1) is 19.0 Å². The van der Waals surface area contributed by atoms with Crippen molar-refractivity contribution in [3.05, 3.63) is 64.3 Å². The summed E-state index contributed by atoms with van der Waals surface area (Å²) in [5, 5.41) is 4.70. The molecule has 30 heavy (non-hydrogen) atoms. The molecule has 0 spiro atoms. The minimum Gasteiger partial charge on any atom is -0.497 e. The summed E-state index contributed by atoms with van der Waals surface area (Å²) in [4.78, 5) is 28.2. The second kappa shape index (κ2) is 8.50. The Hall–Kier alpha value is -2.83. The van der Waals surface area contributed by atoms with Gasteiger partial charge >= 0.3 is 0 Å². The van der Waals surface area contributed by atoms with Crippen molar-refractivity contribution in [2.24, 2.45) is 0 Å². The Kier molecular flexibility index (Phi) is 5.79. The third-order valence-corrected chi connectivity index (χ3v) is 5.89. The fourth-order valence-electron chi connectivity index (χ4n) is 3.97. The summed E-state index contributed by atoms with van der Waals surface area (Å²) in [7, 11) is 1.61. The molecule has 0 radical (unpaired) electrons. The van der Waals surface area contributed by atoms with Crippen LogP contribution in [0.15, 0.2) is 42.5 Å². The van der Waals surface area contributed by atoms with Crippen molar-refractivity contribution < 1.29 is 14.3 Å². The lowest BCUT2D eigenvalue weighted by atomic mass is 10.1. The van der Waals surface area contributed by atoms with E-state index in [9.17, 15) is 9.59 Å². The fraction of sp³-hybridized carbons (Fsp3) is 0.304. The molecule has 1 aliphatic rings. The minimum absolute atomic E-state index is 0.0698. The van der Waals surface area contributed by atoms with E-state index in [1.807, 2.05) is 30.0 Å². The summed E-state index contributed by atoms with van der Waals surface area (Å²) in [5.74, 6) is 0.607. The highest BCUT2D eigenvalue weighted by molar-refractivity contribution is 6.30. The Labute approximate surface area is 180 Å². The Morgan fingerprint density at radius 3 is 2.47 bits per heavy atom. The van der Waals surface area contributed by atoms with Crippen LogP contribution in [0.1, 0.15) is 21.6 Å². The maximum absolute atomic E-state index is 13.3. The normalized spacial score (nSPS) is 14.2. The SMILES string of the molecule is COc1ccc2c(c1)c(CC(=O)N1CCNCC1)c(C)n2C(=O)c1ccc(Cl)cc1. The number of benzene rings is 2. The van der Waals surface area contributed by atoms with Crippen LogP contribution in [-0.4, -0.2) is 54.6 Å². The van der Waals surface area contributed by atoms with E-state index in [1.165, 1.54) is 0 Å². The minimum atomic E-state index is -0.153. The van der Waals surface area contributed by atoms with Gasteiger partial charge in [-0.05, 0) is 55.0 Å². The molecule has 7 heteroatoms. The van der Waals surface area contributed by atoms with E-state index in [4.69, 9.17) is 16.3 Å². The van der Waals surface area contributed by atoms with Gasteiger partial charge in [0.25, 0.3) is 5.91 Å². The number of carbonyl (C=O) groups excluding carboxylic acids is 2. The van der Waals surface area contributed by atoms with Crippen LogP contribution in [0, 0.1) is 6.92 Å². The number of hydrogen-bond donors (Lipinski definition) is 1. The molecule has 4 rings (SSSR count). The van der Waals surface area contributed by atoms with Gasteiger partial charge in [-0.15, -0.1) is 0 Å². The molecule has 6 nitrogen and oxygen atoms in total. The van der Waals surface area contributed by atoms with Crippen molar-refractivity contribution in [1.29, 1.82) is 0 Å². The van der Waals surface area contributed by atoms with Crippen molar-refractivity contribution in [3.8, 4) is 5.75 Å². The van der Waals surface area contributed by atoms with Gasteiger partial charge in [-0.25, -0.2) is 0 Å². The highest BCUT2D eigenvalue weighted by atomic mass is 35.5. The Morgan fingerprint density at radius 1 is 1.10 bits per heavy atom. The highest BCUT2D eigenvalue weighted by Crippen LogP contribution is 2.31. The van der Waals surface area contributed by atoms with E-state index in [2.05, 4.69) is 5.32 Å². The van der Waals surface area contributed by atoms with Gasteiger partial charge in [-0.2, -0.15) is 0 Å². The van der Waals surface area contributed by atoms with Gasteiger partial charge in [0.2, 0.25) is 5.91 Å². The molecule has 0 bridgehead atoms. The first-order valence-corrected chi connectivity index (χ1v) is 10.3. The number of nitrogens with zero attached hydrogens (tertiary/aromatic N) is 2. The molecule has 0 saturated carbocycles. The zero-order chi connectivity index (χ0) is 21.3. The number of carbonyl (C=O) groups is 2. The molecular formula is C23H24ClN3O3. The van der Waals surface area contributed by atoms with Gasteiger partial charge in [0.1, 0.15) is 5.75 Å². The molecule has 156 valence electrons. The van der Waals surface area contributed by atoms with Gasteiger partial charge in [-0.3, -0.25) is 14.2 Å². The topological polar surface area (TPSA) is 63.6 Å². The number of methoxy groups -OCH3 is 1. The number of fused-ring (bicyclic) bond motifs is 1. The molecule has 1 amide bonds. The number of piperazine rings is 1. The molecule has 1 saturated heterocycles. The van der Waals surface area contributed by atoms with Crippen LogP contribution in [0.5, 0.6) is 5.75 Å². The molecule has 0 aliphatic carbocycles. The molecular weight excluding hydrogens is 402 g/mol. The predicted molar refractivity (Wildman–Crippen MR) is 118 cm³/mol. The molecule has 1 aliphatic heterocycles. The maximum Gasteiger partial charge on any atom is 0.262 e. The van der Waals surface area contributed by atoms with Crippen molar-refractivity contribution in [2.45, 2.75) is 13.3 Å². The standard InChI is InChI=1S/C23H24ClN3O3/c1-15-19(14-22(28)26-11-9-25-10-12-26)20-13-18(30-2)7-8-21(20)27(15)23(29)16-3-5-17(24)6-4-16/h3-8,13,25H,9-12,14H2,1-2H3. The molecule has 1 aromatic heterocycles. The molecule has 0 unspecified atom stereocenters. The summed E-state index contributed by atoms with van der Waals surface area (Å²) in [5.41, 5.74) is 2.92. The predicted octanol–water partition coefficient (Wildman–Crippen LogP) is 3.27. The first-order valence-electron chi connectivity index (χ1n) is 9.96. The van der Waals surface area contributed by atoms with Crippen LogP contribution in [0.2, 0.25) is 5.02 Å². The van der Waals surface area contributed by atoms with Crippen LogP contribution in [-0.2, 0) is 11.2 Å². The molecule has 1 N–H and O–H groups in total. The summed E-state index contributed by atoms with van der Waals surface area (Å²) in [6.45, 7) is 4.89. The second-order valence-corrected chi connectivity index (χ2v) is 7.84. The molecule has 2 aromatic carbocycles. The molecule has 1 fully saturated rings. The van der Waals surface area contributed by atoms with Crippen molar-refractivity contribution in [2.75, 3.05) is 33.3 Å². The van der Waals surface area contributed by atoms with Crippen molar-refractivity contribution >= 4 is 34.3 Å². The molecule has 3 aromatic rings. The highest BCUT2D eigenvalue weighted by Gasteiger charge is 2.24. The van der Waals surface area contributed by atoms with Crippen molar-refractivity contribution in [1.82, 2.24) is 14.8 Å². The Bertz CT molecular complexity index is 1100. The van der Waals surface area contributed by atoms with Gasteiger partial charge in [0, 0.05) is 47.8 Å². The van der Waals surface area contributed by atoms with E-state index in [0.29, 0.717) is 29.4 Å². The number of rotatable bonds is 4. The van der Waals surface area contributed by atoms with E-state index >= 15 is 0 Å².